The molecule has 0 aliphatic carbocycles. The van der Waals surface area contributed by atoms with Gasteiger partial charge in [-0.05, 0) is 44.4 Å². The summed E-state index contributed by atoms with van der Waals surface area (Å²) in [6.07, 6.45) is 2.65. The molecule has 24 heavy (non-hydrogen) atoms. The van der Waals surface area contributed by atoms with Crippen molar-refractivity contribution in [3.63, 3.8) is 0 Å². The highest BCUT2D eigenvalue weighted by molar-refractivity contribution is 6.04. The number of hydrogen-bond donors (Lipinski definition) is 1. The molecular formula is C19H30N2O3. The van der Waals surface area contributed by atoms with E-state index in [-0.39, 0.29) is 11.8 Å². The molecule has 0 saturated carbocycles. The second-order valence-electron chi connectivity index (χ2n) is 6.56. The number of nitrogens with one attached hydrogen (secondary N) is 1. The quantitative estimate of drug-likeness (QED) is 0.706. The zero-order valence-electron chi connectivity index (χ0n) is 15.5. The van der Waals surface area contributed by atoms with Crippen molar-refractivity contribution in [1.82, 2.24) is 10.2 Å². The van der Waals surface area contributed by atoms with Gasteiger partial charge >= 0.3 is 0 Å². The number of nitrogens with zero attached hydrogens (tertiary/aromatic N) is 1. The van der Waals surface area contributed by atoms with Crippen molar-refractivity contribution in [3.05, 3.63) is 29.8 Å². The highest BCUT2D eigenvalue weighted by atomic mass is 16.5. The lowest BCUT2D eigenvalue weighted by Gasteiger charge is -2.28. The van der Waals surface area contributed by atoms with Crippen LogP contribution in [-0.2, 0) is 16.0 Å². The fourth-order valence-corrected chi connectivity index (χ4v) is 2.44. The molecule has 2 amide bonds. The molecule has 0 aliphatic heterocycles. The molecule has 0 aliphatic rings. The molecule has 1 aromatic rings. The van der Waals surface area contributed by atoms with Crippen LogP contribution in [0.3, 0.4) is 0 Å². The zero-order chi connectivity index (χ0) is 18.2. The van der Waals surface area contributed by atoms with Crippen molar-refractivity contribution in [2.75, 3.05) is 27.2 Å². The first-order chi connectivity index (χ1) is 11.3. The maximum absolute atomic E-state index is 12.5. The van der Waals surface area contributed by atoms with E-state index < -0.39 is 5.41 Å². The van der Waals surface area contributed by atoms with Crippen molar-refractivity contribution >= 4 is 11.8 Å². The summed E-state index contributed by atoms with van der Waals surface area (Å²) in [5, 5.41) is 2.87. The Hall–Kier alpha value is -2.04. The molecule has 1 aromatic carbocycles. The van der Waals surface area contributed by atoms with Crippen LogP contribution in [0.2, 0.25) is 0 Å². The van der Waals surface area contributed by atoms with Gasteiger partial charge in [0.05, 0.1) is 7.11 Å². The largest absolute Gasteiger partial charge is 0.497 e. The Bertz CT molecular complexity index is 555. The number of amides is 2. The van der Waals surface area contributed by atoms with E-state index in [1.807, 2.05) is 24.3 Å². The third kappa shape index (κ3) is 5.55. The molecule has 1 rings (SSSR count). The number of unbranched alkanes of at least 4 members (excludes halogenated alkanes) is 1. The summed E-state index contributed by atoms with van der Waals surface area (Å²) >= 11 is 0. The van der Waals surface area contributed by atoms with E-state index in [0.29, 0.717) is 19.5 Å². The molecule has 0 bridgehead atoms. The topological polar surface area (TPSA) is 58.6 Å². The van der Waals surface area contributed by atoms with Gasteiger partial charge in [0.2, 0.25) is 11.8 Å². The van der Waals surface area contributed by atoms with E-state index in [1.165, 1.54) is 0 Å². The monoisotopic (exact) mass is 334 g/mol. The van der Waals surface area contributed by atoms with Crippen LogP contribution >= 0.6 is 0 Å². The smallest absolute Gasteiger partial charge is 0.237 e. The first-order valence-corrected chi connectivity index (χ1v) is 8.49. The van der Waals surface area contributed by atoms with Crippen molar-refractivity contribution in [2.24, 2.45) is 5.41 Å². The molecule has 1 N–H and O–H groups in total. The first kappa shape index (κ1) is 20.0. The minimum Gasteiger partial charge on any atom is -0.497 e. The Morgan fingerprint density at radius 1 is 1.29 bits per heavy atom. The molecule has 0 radical (unpaired) electrons. The van der Waals surface area contributed by atoms with Gasteiger partial charge in [0, 0.05) is 20.1 Å². The molecule has 0 spiro atoms. The zero-order valence-corrected chi connectivity index (χ0v) is 15.5. The molecule has 0 saturated heterocycles. The Balaban J connectivity index is 2.54. The number of carbonyl (C=O) groups excluding carboxylic acids is 2. The van der Waals surface area contributed by atoms with Crippen LogP contribution in [0.15, 0.2) is 24.3 Å². The highest BCUT2D eigenvalue weighted by Crippen LogP contribution is 2.19. The summed E-state index contributed by atoms with van der Waals surface area (Å²) in [5.74, 6) is 0.417. The van der Waals surface area contributed by atoms with Gasteiger partial charge in [-0.1, -0.05) is 25.5 Å². The van der Waals surface area contributed by atoms with Crippen LogP contribution in [0.4, 0.5) is 0 Å². The molecule has 0 unspecified atom stereocenters. The van der Waals surface area contributed by atoms with Gasteiger partial charge in [-0.15, -0.1) is 0 Å². The third-order valence-corrected chi connectivity index (χ3v) is 4.13. The molecule has 0 fully saturated rings. The summed E-state index contributed by atoms with van der Waals surface area (Å²) in [5.41, 5.74) is 0.0236. The van der Waals surface area contributed by atoms with Crippen LogP contribution in [-0.4, -0.2) is 44.0 Å². The maximum Gasteiger partial charge on any atom is 0.237 e. The van der Waals surface area contributed by atoms with E-state index in [4.69, 9.17) is 4.74 Å². The Kier molecular flexibility index (Phi) is 7.75. The summed E-state index contributed by atoms with van der Waals surface area (Å²) < 4.78 is 5.19. The second-order valence-corrected chi connectivity index (χ2v) is 6.56. The highest BCUT2D eigenvalue weighted by Gasteiger charge is 2.37. The second kappa shape index (κ2) is 9.30. The van der Waals surface area contributed by atoms with Crippen LogP contribution < -0.4 is 10.1 Å². The number of benzene rings is 1. The van der Waals surface area contributed by atoms with Crippen LogP contribution in [0.1, 0.15) is 39.2 Å². The Morgan fingerprint density at radius 3 is 2.62 bits per heavy atom. The minimum absolute atomic E-state index is 0.144. The molecule has 0 aromatic heterocycles. The fourth-order valence-electron chi connectivity index (χ4n) is 2.44. The Morgan fingerprint density at radius 2 is 2.00 bits per heavy atom. The van der Waals surface area contributed by atoms with E-state index in [1.54, 1.807) is 32.9 Å². The average Bonchev–Trinajstić information content (AvgIpc) is 2.58. The van der Waals surface area contributed by atoms with Crippen molar-refractivity contribution in [2.45, 2.75) is 40.0 Å². The molecule has 0 heterocycles. The van der Waals surface area contributed by atoms with Crippen LogP contribution in [0.25, 0.3) is 0 Å². The van der Waals surface area contributed by atoms with E-state index >= 15 is 0 Å². The standard InChI is InChI=1S/C19H30N2O3/c1-6-7-13-21(4)18(23)19(2,3)17(22)20-12-11-15-9-8-10-16(14-15)24-5/h8-10,14H,6-7,11-13H2,1-5H3,(H,20,22). The van der Waals surface area contributed by atoms with Gasteiger partial charge in [0.1, 0.15) is 11.2 Å². The normalized spacial score (nSPS) is 11.0. The summed E-state index contributed by atoms with van der Waals surface area (Å²) in [6.45, 7) is 6.60. The predicted octanol–water partition coefficient (Wildman–Crippen LogP) is 2.64. The van der Waals surface area contributed by atoms with E-state index in [9.17, 15) is 9.59 Å². The summed E-state index contributed by atoms with van der Waals surface area (Å²) in [4.78, 5) is 26.5. The van der Waals surface area contributed by atoms with Crippen molar-refractivity contribution in [3.8, 4) is 5.75 Å². The Labute approximate surface area is 145 Å². The number of ether oxygens (including phenoxy) is 1. The molecular weight excluding hydrogens is 304 g/mol. The lowest BCUT2D eigenvalue weighted by Crippen LogP contribution is -2.49. The van der Waals surface area contributed by atoms with E-state index in [0.717, 1.165) is 24.2 Å². The van der Waals surface area contributed by atoms with Crippen molar-refractivity contribution < 1.29 is 14.3 Å². The number of hydrogen-bond acceptors (Lipinski definition) is 3. The average molecular weight is 334 g/mol. The number of methoxy groups -OCH3 is 1. The lowest BCUT2D eigenvalue weighted by atomic mass is 9.90. The van der Waals surface area contributed by atoms with Gasteiger partial charge < -0.3 is 15.0 Å². The van der Waals surface area contributed by atoms with Gasteiger partial charge in [0.15, 0.2) is 0 Å². The van der Waals surface area contributed by atoms with Gasteiger partial charge in [-0.2, -0.15) is 0 Å². The fraction of sp³-hybridized carbons (Fsp3) is 0.579. The predicted molar refractivity (Wildman–Crippen MR) is 96.0 cm³/mol. The maximum atomic E-state index is 12.5. The van der Waals surface area contributed by atoms with E-state index in [2.05, 4.69) is 12.2 Å². The summed E-state index contributed by atoms with van der Waals surface area (Å²) in [6, 6.07) is 7.74. The first-order valence-electron chi connectivity index (χ1n) is 8.49. The van der Waals surface area contributed by atoms with Crippen molar-refractivity contribution in [1.29, 1.82) is 0 Å². The SMILES string of the molecule is CCCCN(C)C(=O)C(C)(C)C(=O)NCCc1cccc(OC)c1. The molecule has 5 nitrogen and oxygen atoms in total. The van der Waals surface area contributed by atoms with Gasteiger partial charge in [0.25, 0.3) is 0 Å². The van der Waals surface area contributed by atoms with Gasteiger partial charge in [-0.25, -0.2) is 0 Å². The molecule has 0 atom stereocenters. The molecule has 134 valence electrons. The van der Waals surface area contributed by atoms with Gasteiger partial charge in [-0.3, -0.25) is 9.59 Å². The minimum atomic E-state index is -1.06. The summed E-state index contributed by atoms with van der Waals surface area (Å²) in [7, 11) is 3.38. The number of carbonyl (C=O) groups is 2. The van der Waals surface area contributed by atoms with Crippen LogP contribution in [0, 0.1) is 5.41 Å². The number of rotatable bonds is 9. The third-order valence-electron chi connectivity index (χ3n) is 4.13. The lowest BCUT2D eigenvalue weighted by molar-refractivity contribution is -0.147. The van der Waals surface area contributed by atoms with Crippen LogP contribution in [0.5, 0.6) is 5.75 Å². The molecule has 5 heteroatoms.